The number of ether oxygens (including phenoxy) is 2. The van der Waals surface area contributed by atoms with Crippen LogP contribution in [0.2, 0.25) is 0 Å². The summed E-state index contributed by atoms with van der Waals surface area (Å²) in [5, 5.41) is 0. The van der Waals surface area contributed by atoms with Crippen LogP contribution in [0.1, 0.15) is 39.5 Å². The number of hydrogen-bond acceptors (Lipinski definition) is 3. The van der Waals surface area contributed by atoms with Crippen molar-refractivity contribution in [3.63, 3.8) is 0 Å². The lowest BCUT2D eigenvalue weighted by molar-refractivity contribution is -0.150. The third-order valence-electron chi connectivity index (χ3n) is 2.43. The van der Waals surface area contributed by atoms with E-state index in [4.69, 9.17) is 9.47 Å². The summed E-state index contributed by atoms with van der Waals surface area (Å²) in [5.74, 6) is -0.152. The van der Waals surface area contributed by atoms with Gasteiger partial charge in [0.2, 0.25) is 0 Å². The molecule has 0 aromatic heterocycles. The van der Waals surface area contributed by atoms with Crippen LogP contribution in [0.5, 0.6) is 0 Å². The molecule has 4 heteroatoms. The maximum atomic E-state index is 11.7. The highest BCUT2D eigenvalue weighted by atomic mass is 19.1. The standard InChI is InChI=1S/C12H23FO3/c1-3-5-6-11(4-2)12(14)16-10-9-15-8-7-13/h11H,3-10H2,1-2H3. The lowest BCUT2D eigenvalue weighted by Crippen LogP contribution is -2.19. The topological polar surface area (TPSA) is 35.5 Å². The quantitative estimate of drug-likeness (QED) is 0.430. The van der Waals surface area contributed by atoms with Crippen LogP contribution in [-0.4, -0.2) is 32.5 Å². The molecule has 0 saturated heterocycles. The molecule has 1 unspecified atom stereocenters. The summed E-state index contributed by atoms with van der Waals surface area (Å²) < 4.78 is 21.6. The zero-order chi connectivity index (χ0) is 12.2. The molecule has 16 heavy (non-hydrogen) atoms. The molecule has 96 valence electrons. The number of halogens is 1. The molecule has 0 aromatic carbocycles. The molecular formula is C12H23FO3. The summed E-state index contributed by atoms with van der Waals surface area (Å²) in [7, 11) is 0. The first-order valence-electron chi connectivity index (χ1n) is 6.06. The molecule has 0 heterocycles. The van der Waals surface area contributed by atoms with Gasteiger partial charge in [0.1, 0.15) is 13.3 Å². The first-order chi connectivity index (χ1) is 7.76. The molecule has 0 radical (unpaired) electrons. The third kappa shape index (κ3) is 7.63. The van der Waals surface area contributed by atoms with E-state index in [0.717, 1.165) is 25.7 Å². The minimum Gasteiger partial charge on any atom is -0.463 e. The van der Waals surface area contributed by atoms with Crippen LogP contribution in [-0.2, 0) is 14.3 Å². The van der Waals surface area contributed by atoms with Crippen molar-refractivity contribution in [1.29, 1.82) is 0 Å². The summed E-state index contributed by atoms with van der Waals surface area (Å²) in [4.78, 5) is 11.6. The minimum atomic E-state index is -0.498. The average molecular weight is 234 g/mol. The summed E-state index contributed by atoms with van der Waals surface area (Å²) in [6.45, 7) is 4.16. The minimum absolute atomic E-state index is 0.00104. The van der Waals surface area contributed by atoms with Crippen molar-refractivity contribution < 1.29 is 18.7 Å². The lowest BCUT2D eigenvalue weighted by atomic mass is 10.00. The van der Waals surface area contributed by atoms with Gasteiger partial charge in [-0.15, -0.1) is 0 Å². The Morgan fingerprint density at radius 3 is 2.56 bits per heavy atom. The van der Waals surface area contributed by atoms with Crippen molar-refractivity contribution in [3.05, 3.63) is 0 Å². The van der Waals surface area contributed by atoms with Gasteiger partial charge in [0.05, 0.1) is 19.1 Å². The molecule has 0 rings (SSSR count). The molecule has 0 spiro atoms. The molecule has 0 aliphatic heterocycles. The predicted molar refractivity (Wildman–Crippen MR) is 61.1 cm³/mol. The Bertz CT molecular complexity index is 174. The van der Waals surface area contributed by atoms with Crippen molar-refractivity contribution in [3.8, 4) is 0 Å². The van der Waals surface area contributed by atoms with Crippen LogP contribution in [0.15, 0.2) is 0 Å². The highest BCUT2D eigenvalue weighted by molar-refractivity contribution is 5.72. The molecular weight excluding hydrogens is 211 g/mol. The van der Waals surface area contributed by atoms with E-state index in [1.165, 1.54) is 0 Å². The second kappa shape index (κ2) is 10.9. The maximum absolute atomic E-state index is 11.7. The van der Waals surface area contributed by atoms with Gasteiger partial charge in [0.25, 0.3) is 0 Å². The largest absolute Gasteiger partial charge is 0.463 e. The molecule has 0 fully saturated rings. The fourth-order valence-corrected chi connectivity index (χ4v) is 1.41. The van der Waals surface area contributed by atoms with E-state index in [0.29, 0.717) is 0 Å². The number of esters is 1. The van der Waals surface area contributed by atoms with Gasteiger partial charge < -0.3 is 9.47 Å². The predicted octanol–water partition coefficient (Wildman–Crippen LogP) is 2.73. The van der Waals surface area contributed by atoms with Gasteiger partial charge in [0.15, 0.2) is 0 Å². The number of unbranched alkanes of at least 4 members (excludes halogenated alkanes) is 1. The number of rotatable bonds is 10. The summed E-state index contributed by atoms with van der Waals surface area (Å²) >= 11 is 0. The van der Waals surface area contributed by atoms with E-state index in [1.54, 1.807) is 0 Å². The molecule has 0 aliphatic carbocycles. The molecule has 0 amide bonds. The van der Waals surface area contributed by atoms with Crippen molar-refractivity contribution in [2.75, 3.05) is 26.5 Å². The third-order valence-corrected chi connectivity index (χ3v) is 2.43. The summed E-state index contributed by atoms with van der Waals surface area (Å²) in [6.07, 6.45) is 3.83. The van der Waals surface area contributed by atoms with Crippen LogP contribution in [0, 0.1) is 5.92 Å². The Kier molecular flexibility index (Phi) is 10.4. The van der Waals surface area contributed by atoms with Gasteiger partial charge in [-0.25, -0.2) is 4.39 Å². The van der Waals surface area contributed by atoms with E-state index >= 15 is 0 Å². The maximum Gasteiger partial charge on any atom is 0.308 e. The first kappa shape index (κ1) is 15.4. The zero-order valence-corrected chi connectivity index (χ0v) is 10.3. The molecule has 0 N–H and O–H groups in total. The van der Waals surface area contributed by atoms with Gasteiger partial charge in [-0.2, -0.15) is 0 Å². The Morgan fingerprint density at radius 2 is 2.00 bits per heavy atom. The SMILES string of the molecule is CCCCC(CC)C(=O)OCCOCCF. The number of carbonyl (C=O) groups excluding carboxylic acids is 1. The Hall–Kier alpha value is -0.640. The fourth-order valence-electron chi connectivity index (χ4n) is 1.41. The van der Waals surface area contributed by atoms with E-state index < -0.39 is 6.67 Å². The van der Waals surface area contributed by atoms with Crippen LogP contribution < -0.4 is 0 Å². The van der Waals surface area contributed by atoms with Gasteiger partial charge in [0, 0.05) is 0 Å². The molecule has 0 saturated carbocycles. The normalized spacial score (nSPS) is 12.4. The van der Waals surface area contributed by atoms with Crippen LogP contribution in [0.25, 0.3) is 0 Å². The second-order valence-corrected chi connectivity index (χ2v) is 3.72. The lowest BCUT2D eigenvalue weighted by Gasteiger charge is -2.13. The summed E-state index contributed by atoms with van der Waals surface area (Å²) in [6, 6.07) is 0. The van der Waals surface area contributed by atoms with Gasteiger partial charge >= 0.3 is 5.97 Å². The monoisotopic (exact) mass is 234 g/mol. The van der Waals surface area contributed by atoms with E-state index in [1.807, 2.05) is 6.92 Å². The molecule has 0 bridgehead atoms. The van der Waals surface area contributed by atoms with E-state index in [2.05, 4.69) is 6.92 Å². The van der Waals surface area contributed by atoms with Crippen LogP contribution in [0.4, 0.5) is 4.39 Å². The molecule has 1 atom stereocenters. The van der Waals surface area contributed by atoms with Crippen molar-refractivity contribution in [2.24, 2.45) is 5.92 Å². The fraction of sp³-hybridized carbons (Fsp3) is 0.917. The van der Waals surface area contributed by atoms with Crippen LogP contribution in [0.3, 0.4) is 0 Å². The van der Waals surface area contributed by atoms with Gasteiger partial charge in [-0.05, 0) is 12.8 Å². The Labute approximate surface area is 97.3 Å². The molecule has 0 aromatic rings. The van der Waals surface area contributed by atoms with Crippen molar-refractivity contribution in [2.45, 2.75) is 39.5 Å². The van der Waals surface area contributed by atoms with Crippen molar-refractivity contribution in [1.82, 2.24) is 0 Å². The highest BCUT2D eigenvalue weighted by Crippen LogP contribution is 2.14. The average Bonchev–Trinajstić information content (AvgIpc) is 2.30. The van der Waals surface area contributed by atoms with Gasteiger partial charge in [-0.3, -0.25) is 4.79 Å². The van der Waals surface area contributed by atoms with Crippen LogP contribution >= 0.6 is 0 Å². The highest BCUT2D eigenvalue weighted by Gasteiger charge is 2.16. The second-order valence-electron chi connectivity index (χ2n) is 3.72. The van der Waals surface area contributed by atoms with E-state index in [9.17, 15) is 9.18 Å². The first-order valence-corrected chi connectivity index (χ1v) is 6.06. The smallest absolute Gasteiger partial charge is 0.308 e. The number of alkyl halides is 1. The zero-order valence-electron chi connectivity index (χ0n) is 10.3. The van der Waals surface area contributed by atoms with Crippen molar-refractivity contribution >= 4 is 5.97 Å². The summed E-state index contributed by atoms with van der Waals surface area (Å²) in [5.41, 5.74) is 0. The van der Waals surface area contributed by atoms with E-state index in [-0.39, 0.29) is 31.7 Å². The Balaban J connectivity index is 3.58. The molecule has 3 nitrogen and oxygen atoms in total. The number of hydrogen-bond donors (Lipinski definition) is 0. The Morgan fingerprint density at radius 1 is 1.25 bits per heavy atom. The number of carbonyl (C=O) groups is 1. The molecule has 0 aliphatic rings. The van der Waals surface area contributed by atoms with Gasteiger partial charge in [-0.1, -0.05) is 26.7 Å².